The summed E-state index contributed by atoms with van der Waals surface area (Å²) in [6, 6.07) is 5.31. The normalized spacial score (nSPS) is 10.8. The maximum Gasteiger partial charge on any atom is 0.251 e. The molecule has 1 amide bonds. The number of nitrogens with one attached hydrogen (secondary N) is 2. The molecule has 9 heteroatoms. The second-order valence-electron chi connectivity index (χ2n) is 5.00. The van der Waals surface area contributed by atoms with Crippen molar-refractivity contribution in [3.63, 3.8) is 0 Å². The second-order valence-corrected chi connectivity index (χ2v) is 5.00. The number of carbonyl (C=O) groups is 1. The predicted octanol–water partition coefficient (Wildman–Crippen LogP) is 0.839. The monoisotopic (exact) mass is 320 g/mol. The number of pyridine rings is 1. The van der Waals surface area contributed by atoms with Gasteiger partial charge in [-0.15, -0.1) is 0 Å². The first-order chi connectivity index (χ1) is 11.8. The Bertz CT molecular complexity index is 991. The van der Waals surface area contributed by atoms with Gasteiger partial charge in [0.2, 0.25) is 5.82 Å². The molecular formula is C15H12N8O. The highest BCUT2D eigenvalue weighted by Crippen LogP contribution is 2.09. The third-order valence-corrected chi connectivity index (χ3v) is 3.40. The van der Waals surface area contributed by atoms with E-state index in [0.29, 0.717) is 22.9 Å². The summed E-state index contributed by atoms with van der Waals surface area (Å²) in [5.74, 6) is 0.776. The maximum atomic E-state index is 12.2. The molecule has 0 aromatic carbocycles. The lowest BCUT2D eigenvalue weighted by Gasteiger charge is -2.03. The number of H-pyrrole nitrogens is 1. The Balaban J connectivity index is 1.45. The molecule has 0 atom stereocenters. The molecule has 4 aromatic rings. The van der Waals surface area contributed by atoms with Crippen molar-refractivity contribution in [2.75, 3.05) is 0 Å². The largest absolute Gasteiger partial charge is 0.345 e. The Hall–Kier alpha value is -3.62. The van der Waals surface area contributed by atoms with E-state index in [4.69, 9.17) is 0 Å². The highest BCUT2D eigenvalue weighted by atomic mass is 16.1. The van der Waals surface area contributed by atoms with Gasteiger partial charge in [-0.2, -0.15) is 10.2 Å². The van der Waals surface area contributed by atoms with E-state index in [2.05, 4.69) is 35.6 Å². The van der Waals surface area contributed by atoms with Gasteiger partial charge in [0, 0.05) is 30.4 Å². The molecule has 4 rings (SSSR count). The van der Waals surface area contributed by atoms with E-state index in [0.717, 1.165) is 5.52 Å². The van der Waals surface area contributed by atoms with Gasteiger partial charge in [-0.1, -0.05) is 0 Å². The minimum absolute atomic E-state index is 0.198. The number of hydrogen-bond acceptors (Lipinski definition) is 6. The third-order valence-electron chi connectivity index (χ3n) is 3.40. The lowest BCUT2D eigenvalue weighted by molar-refractivity contribution is 0.0950. The molecule has 24 heavy (non-hydrogen) atoms. The molecule has 0 saturated carbocycles. The minimum Gasteiger partial charge on any atom is -0.345 e. The average molecular weight is 320 g/mol. The Kier molecular flexibility index (Phi) is 3.43. The van der Waals surface area contributed by atoms with Crippen molar-refractivity contribution in [2.45, 2.75) is 6.54 Å². The number of aromatic nitrogens is 7. The van der Waals surface area contributed by atoms with Crippen LogP contribution in [0.15, 0.2) is 49.2 Å². The summed E-state index contributed by atoms with van der Waals surface area (Å²) >= 11 is 0. The lowest BCUT2D eigenvalue weighted by Crippen LogP contribution is -2.23. The van der Waals surface area contributed by atoms with E-state index in [1.54, 1.807) is 47.6 Å². The van der Waals surface area contributed by atoms with Crippen molar-refractivity contribution >= 4 is 11.4 Å². The van der Waals surface area contributed by atoms with Crippen LogP contribution in [0, 0.1) is 0 Å². The molecule has 0 spiro atoms. The number of aromatic amines is 1. The molecule has 4 aromatic heterocycles. The van der Waals surface area contributed by atoms with E-state index in [1.165, 1.54) is 0 Å². The van der Waals surface area contributed by atoms with E-state index < -0.39 is 0 Å². The molecule has 0 radical (unpaired) electrons. The van der Waals surface area contributed by atoms with Gasteiger partial charge in [0.05, 0.1) is 18.3 Å². The first-order valence-electron chi connectivity index (χ1n) is 7.19. The number of nitrogens with zero attached hydrogens (tertiary/aromatic N) is 6. The molecule has 0 aliphatic heterocycles. The van der Waals surface area contributed by atoms with Gasteiger partial charge in [0.1, 0.15) is 11.5 Å². The third kappa shape index (κ3) is 2.70. The summed E-state index contributed by atoms with van der Waals surface area (Å²) < 4.78 is 1.69. The van der Waals surface area contributed by atoms with Crippen LogP contribution in [-0.2, 0) is 6.54 Å². The second kappa shape index (κ2) is 5.88. The molecule has 0 unspecified atom stereocenters. The predicted molar refractivity (Wildman–Crippen MR) is 83.8 cm³/mol. The van der Waals surface area contributed by atoms with E-state index in [-0.39, 0.29) is 12.5 Å². The molecule has 118 valence electrons. The number of amides is 1. The Morgan fingerprint density at radius 2 is 2.21 bits per heavy atom. The van der Waals surface area contributed by atoms with E-state index in [9.17, 15) is 4.79 Å². The first kappa shape index (κ1) is 14.0. The summed E-state index contributed by atoms with van der Waals surface area (Å²) in [5.41, 5.74) is 1.97. The average Bonchev–Trinajstić information content (AvgIpc) is 3.29. The van der Waals surface area contributed by atoms with Crippen LogP contribution in [0.3, 0.4) is 0 Å². The molecule has 9 nitrogen and oxygen atoms in total. The zero-order valence-corrected chi connectivity index (χ0v) is 12.4. The molecule has 0 fully saturated rings. The highest BCUT2D eigenvalue weighted by molar-refractivity contribution is 5.95. The standard InChI is InChI=1S/C15H12N8O/c24-15(10-2-6-23-11(7-10)1-3-19-23)18-9-13-20-14(22-21-13)12-8-16-4-5-17-12/h1-8H,9H2,(H,18,24)(H,20,21,22). The quantitative estimate of drug-likeness (QED) is 0.576. The minimum atomic E-state index is -0.198. The van der Waals surface area contributed by atoms with Crippen LogP contribution < -0.4 is 5.32 Å². The van der Waals surface area contributed by atoms with Crippen molar-refractivity contribution < 1.29 is 4.79 Å². The maximum absolute atomic E-state index is 12.2. The molecule has 2 N–H and O–H groups in total. The smallest absolute Gasteiger partial charge is 0.251 e. The Morgan fingerprint density at radius 1 is 1.25 bits per heavy atom. The topological polar surface area (TPSA) is 114 Å². The van der Waals surface area contributed by atoms with Crippen molar-refractivity contribution in [2.24, 2.45) is 0 Å². The first-order valence-corrected chi connectivity index (χ1v) is 7.19. The number of hydrogen-bond donors (Lipinski definition) is 2. The van der Waals surface area contributed by atoms with Crippen LogP contribution in [0.5, 0.6) is 0 Å². The summed E-state index contributed by atoms with van der Waals surface area (Å²) in [6.45, 7) is 0.233. The van der Waals surface area contributed by atoms with Crippen molar-refractivity contribution in [3.8, 4) is 11.5 Å². The molecule has 4 heterocycles. The fourth-order valence-electron chi connectivity index (χ4n) is 2.23. The van der Waals surface area contributed by atoms with Gasteiger partial charge in [-0.25, -0.2) is 14.5 Å². The van der Waals surface area contributed by atoms with Crippen LogP contribution >= 0.6 is 0 Å². The Morgan fingerprint density at radius 3 is 3.08 bits per heavy atom. The number of carbonyl (C=O) groups excluding carboxylic acids is 1. The van der Waals surface area contributed by atoms with Gasteiger partial charge < -0.3 is 5.32 Å². The molecule has 0 aliphatic rings. The summed E-state index contributed by atoms with van der Waals surface area (Å²) in [6.07, 6.45) is 8.14. The summed E-state index contributed by atoms with van der Waals surface area (Å²) in [5, 5.41) is 13.7. The summed E-state index contributed by atoms with van der Waals surface area (Å²) in [7, 11) is 0. The van der Waals surface area contributed by atoms with Crippen molar-refractivity contribution in [1.82, 2.24) is 40.1 Å². The van der Waals surface area contributed by atoms with Gasteiger partial charge in [-0.3, -0.25) is 14.9 Å². The number of fused-ring (bicyclic) bond motifs is 1. The fourth-order valence-corrected chi connectivity index (χ4v) is 2.23. The summed E-state index contributed by atoms with van der Waals surface area (Å²) in [4.78, 5) is 24.6. The highest BCUT2D eigenvalue weighted by Gasteiger charge is 2.10. The SMILES string of the molecule is O=C(NCc1nc(-c2cnccn2)n[nH]1)c1ccn2nccc2c1. The van der Waals surface area contributed by atoms with Crippen LogP contribution in [-0.4, -0.2) is 40.7 Å². The van der Waals surface area contributed by atoms with Gasteiger partial charge in [0.15, 0.2) is 0 Å². The zero-order valence-electron chi connectivity index (χ0n) is 12.4. The van der Waals surface area contributed by atoms with Crippen LogP contribution in [0.2, 0.25) is 0 Å². The molecule has 0 saturated heterocycles. The van der Waals surface area contributed by atoms with E-state index >= 15 is 0 Å². The molecule has 0 bridgehead atoms. The van der Waals surface area contributed by atoms with Crippen molar-refractivity contribution in [1.29, 1.82) is 0 Å². The van der Waals surface area contributed by atoms with Crippen LogP contribution in [0.4, 0.5) is 0 Å². The Labute approximate surface area is 135 Å². The fraction of sp³-hybridized carbons (Fsp3) is 0.0667. The zero-order chi connectivity index (χ0) is 16.4. The van der Waals surface area contributed by atoms with Crippen molar-refractivity contribution in [3.05, 3.63) is 60.6 Å². The van der Waals surface area contributed by atoms with Crippen LogP contribution in [0.25, 0.3) is 17.0 Å². The molecular weight excluding hydrogens is 308 g/mol. The van der Waals surface area contributed by atoms with Crippen LogP contribution in [0.1, 0.15) is 16.2 Å². The van der Waals surface area contributed by atoms with Gasteiger partial charge >= 0.3 is 0 Å². The molecule has 0 aliphatic carbocycles. The van der Waals surface area contributed by atoms with Gasteiger partial charge in [0.25, 0.3) is 5.91 Å². The number of rotatable bonds is 4. The van der Waals surface area contributed by atoms with E-state index in [1.807, 2.05) is 6.07 Å². The van der Waals surface area contributed by atoms with Gasteiger partial charge in [-0.05, 0) is 18.2 Å². The lowest BCUT2D eigenvalue weighted by atomic mass is 10.2.